The van der Waals surface area contributed by atoms with Gasteiger partial charge in [0.15, 0.2) is 0 Å². The van der Waals surface area contributed by atoms with Gasteiger partial charge in [-0.25, -0.2) is 14.5 Å². The van der Waals surface area contributed by atoms with Crippen LogP contribution in [0.5, 0.6) is 0 Å². The van der Waals surface area contributed by atoms with Gasteiger partial charge in [-0.2, -0.15) is 0 Å². The minimum atomic E-state index is -0.975. The largest absolute Gasteiger partial charge is 0.443 e. The molecule has 1 heterocycles. The summed E-state index contributed by atoms with van der Waals surface area (Å²) in [4.78, 5) is 34.7. The Hall–Kier alpha value is -1.59. The number of hydrogen-bond acceptors (Lipinski definition) is 5. The first kappa shape index (κ1) is 12.5. The van der Waals surface area contributed by atoms with Crippen molar-refractivity contribution in [2.45, 2.75) is 33.3 Å². The zero-order valence-corrected chi connectivity index (χ0v) is 9.77. The first-order valence-corrected chi connectivity index (χ1v) is 4.97. The summed E-state index contributed by atoms with van der Waals surface area (Å²) in [5, 5.41) is 0. The zero-order valence-electron chi connectivity index (χ0n) is 9.77. The van der Waals surface area contributed by atoms with E-state index in [1.165, 1.54) is 0 Å². The van der Waals surface area contributed by atoms with Gasteiger partial charge in [0.05, 0.1) is 5.92 Å². The summed E-state index contributed by atoms with van der Waals surface area (Å²) in [7, 11) is 0. The molecule has 1 atom stereocenters. The van der Waals surface area contributed by atoms with E-state index in [9.17, 15) is 14.4 Å². The van der Waals surface area contributed by atoms with Crippen molar-refractivity contribution in [2.24, 2.45) is 5.92 Å². The molecule has 6 heteroatoms. The monoisotopic (exact) mass is 229 g/mol. The van der Waals surface area contributed by atoms with Crippen molar-refractivity contribution in [3.05, 3.63) is 0 Å². The minimum absolute atomic E-state index is 0.00736. The maximum absolute atomic E-state index is 11.6. The lowest BCUT2D eigenvalue weighted by Crippen LogP contribution is -2.49. The number of amides is 2. The number of imide groups is 1. The van der Waals surface area contributed by atoms with Gasteiger partial charge in [-0.15, -0.1) is 0 Å². The molecule has 0 N–H and O–H groups in total. The van der Waals surface area contributed by atoms with Crippen LogP contribution in [0, 0.1) is 5.92 Å². The number of ether oxygens (including phenoxy) is 2. The number of carbonyl (C=O) groups is 3. The number of esters is 1. The average Bonchev–Trinajstić information content (AvgIpc) is 2.08. The van der Waals surface area contributed by atoms with Crippen LogP contribution in [0.15, 0.2) is 0 Å². The molecule has 1 fully saturated rings. The van der Waals surface area contributed by atoms with Gasteiger partial charge >= 0.3 is 18.2 Å². The molecular weight excluding hydrogens is 214 g/mol. The van der Waals surface area contributed by atoms with Gasteiger partial charge in [0, 0.05) is 6.54 Å². The van der Waals surface area contributed by atoms with Gasteiger partial charge in [-0.3, -0.25) is 4.79 Å². The highest BCUT2D eigenvalue weighted by molar-refractivity contribution is 5.96. The van der Waals surface area contributed by atoms with Crippen molar-refractivity contribution in [1.29, 1.82) is 0 Å². The van der Waals surface area contributed by atoms with Crippen LogP contribution in [0.3, 0.4) is 0 Å². The summed E-state index contributed by atoms with van der Waals surface area (Å²) in [6, 6.07) is 0. The van der Waals surface area contributed by atoms with Crippen molar-refractivity contribution in [3.63, 3.8) is 0 Å². The molecule has 0 spiro atoms. The average molecular weight is 229 g/mol. The number of nitrogens with zero attached hydrogens (tertiary/aromatic N) is 1. The summed E-state index contributed by atoms with van der Waals surface area (Å²) in [6.45, 7) is 6.64. The van der Waals surface area contributed by atoms with Gasteiger partial charge in [-0.05, 0) is 20.8 Å². The second-order valence-electron chi connectivity index (χ2n) is 4.68. The van der Waals surface area contributed by atoms with Gasteiger partial charge in [0.2, 0.25) is 0 Å². The SMILES string of the molecule is C[C@@H]1CN(C(=O)OC(C)(C)C)C(=O)OC1=O. The summed E-state index contributed by atoms with van der Waals surface area (Å²) >= 11 is 0. The highest BCUT2D eigenvalue weighted by Gasteiger charge is 2.37. The predicted octanol–water partition coefficient (Wildman–Crippen LogP) is 1.54. The van der Waals surface area contributed by atoms with Crippen molar-refractivity contribution in [3.8, 4) is 0 Å². The van der Waals surface area contributed by atoms with E-state index in [4.69, 9.17) is 4.74 Å². The highest BCUT2D eigenvalue weighted by Crippen LogP contribution is 2.16. The number of cyclic esters (lactones) is 2. The maximum atomic E-state index is 11.6. The maximum Gasteiger partial charge on any atom is 0.427 e. The van der Waals surface area contributed by atoms with Crippen LogP contribution in [-0.4, -0.2) is 35.2 Å². The van der Waals surface area contributed by atoms with Crippen molar-refractivity contribution >= 4 is 18.2 Å². The Labute approximate surface area is 93.5 Å². The summed E-state index contributed by atoms with van der Waals surface area (Å²) in [5.74, 6) is -1.14. The molecule has 6 nitrogen and oxygen atoms in total. The smallest absolute Gasteiger partial charge is 0.427 e. The van der Waals surface area contributed by atoms with E-state index >= 15 is 0 Å². The van der Waals surface area contributed by atoms with Gasteiger partial charge < -0.3 is 9.47 Å². The Kier molecular flexibility index (Phi) is 3.21. The van der Waals surface area contributed by atoms with Gasteiger partial charge in [0.1, 0.15) is 5.60 Å². The quantitative estimate of drug-likeness (QED) is 0.465. The molecule has 0 unspecified atom stereocenters. The van der Waals surface area contributed by atoms with Crippen LogP contribution >= 0.6 is 0 Å². The number of rotatable bonds is 0. The molecular formula is C10H15NO5. The number of carbonyl (C=O) groups excluding carboxylic acids is 3. The molecule has 0 bridgehead atoms. The van der Waals surface area contributed by atoms with Crippen LogP contribution in [0.25, 0.3) is 0 Å². The summed E-state index contributed by atoms with van der Waals surface area (Å²) < 4.78 is 9.40. The predicted molar refractivity (Wildman–Crippen MR) is 53.6 cm³/mol. The van der Waals surface area contributed by atoms with E-state index in [0.717, 1.165) is 4.90 Å². The van der Waals surface area contributed by atoms with Crippen LogP contribution in [0.4, 0.5) is 9.59 Å². The molecule has 0 saturated carbocycles. The number of hydrogen-bond donors (Lipinski definition) is 0. The minimum Gasteiger partial charge on any atom is -0.443 e. The van der Waals surface area contributed by atoms with Crippen LogP contribution < -0.4 is 0 Å². The molecule has 90 valence electrons. The van der Waals surface area contributed by atoms with Gasteiger partial charge in [-0.1, -0.05) is 6.92 Å². The highest BCUT2D eigenvalue weighted by atomic mass is 16.6. The second-order valence-corrected chi connectivity index (χ2v) is 4.68. The van der Waals surface area contributed by atoms with E-state index in [-0.39, 0.29) is 6.54 Å². The molecule has 2 amide bonds. The van der Waals surface area contributed by atoms with E-state index < -0.39 is 29.7 Å². The third kappa shape index (κ3) is 2.95. The second kappa shape index (κ2) is 4.11. The fourth-order valence-corrected chi connectivity index (χ4v) is 1.13. The summed E-state index contributed by atoms with van der Waals surface area (Å²) in [6.07, 6.45) is -1.77. The van der Waals surface area contributed by atoms with Crippen molar-refractivity contribution < 1.29 is 23.9 Å². The standard InChI is InChI=1S/C10H15NO5/c1-6-5-11(8(13)15-7(6)12)9(14)16-10(2,3)4/h6H,5H2,1-4H3/t6-/m1/s1. The Bertz CT molecular complexity index is 331. The lowest BCUT2D eigenvalue weighted by atomic mass is 10.1. The Morgan fingerprint density at radius 1 is 1.44 bits per heavy atom. The molecule has 0 radical (unpaired) electrons. The third-order valence-corrected chi connectivity index (χ3v) is 1.88. The van der Waals surface area contributed by atoms with E-state index in [0.29, 0.717) is 0 Å². The third-order valence-electron chi connectivity index (χ3n) is 1.88. The molecule has 0 aliphatic carbocycles. The van der Waals surface area contributed by atoms with Crippen LogP contribution in [0.1, 0.15) is 27.7 Å². The van der Waals surface area contributed by atoms with E-state index in [2.05, 4.69) is 4.74 Å². The zero-order chi connectivity index (χ0) is 12.5. The first-order valence-electron chi connectivity index (χ1n) is 4.97. The lowest BCUT2D eigenvalue weighted by molar-refractivity contribution is -0.146. The van der Waals surface area contributed by atoms with E-state index in [1.54, 1.807) is 27.7 Å². The molecule has 0 aromatic heterocycles. The Morgan fingerprint density at radius 3 is 2.50 bits per heavy atom. The molecule has 1 aliphatic heterocycles. The topological polar surface area (TPSA) is 72.9 Å². The molecule has 16 heavy (non-hydrogen) atoms. The fraction of sp³-hybridized carbons (Fsp3) is 0.700. The fourth-order valence-electron chi connectivity index (χ4n) is 1.13. The van der Waals surface area contributed by atoms with Gasteiger partial charge in [0.25, 0.3) is 0 Å². The Morgan fingerprint density at radius 2 is 2.00 bits per heavy atom. The van der Waals surface area contributed by atoms with E-state index in [1.807, 2.05) is 0 Å². The summed E-state index contributed by atoms with van der Waals surface area (Å²) in [5.41, 5.74) is -0.692. The normalized spacial score (nSPS) is 21.8. The first-order chi connectivity index (χ1) is 7.20. The van der Waals surface area contributed by atoms with Crippen LogP contribution in [0.2, 0.25) is 0 Å². The molecule has 1 aliphatic rings. The molecule has 1 rings (SSSR count). The van der Waals surface area contributed by atoms with Crippen LogP contribution in [-0.2, 0) is 14.3 Å². The van der Waals surface area contributed by atoms with Crippen molar-refractivity contribution in [2.75, 3.05) is 6.54 Å². The lowest BCUT2D eigenvalue weighted by Gasteiger charge is -2.29. The molecule has 0 aromatic rings. The molecule has 0 aromatic carbocycles. The molecule has 1 saturated heterocycles. The Balaban J connectivity index is 2.70. The van der Waals surface area contributed by atoms with Crippen molar-refractivity contribution in [1.82, 2.24) is 4.90 Å².